The lowest BCUT2D eigenvalue weighted by atomic mass is 9.76. The van der Waals surface area contributed by atoms with Crippen molar-refractivity contribution in [3.63, 3.8) is 0 Å². The average molecular weight is 399 g/mol. The molecule has 0 radical (unpaired) electrons. The molecule has 0 bridgehead atoms. The number of anilines is 1. The molecule has 3 aromatic rings. The second kappa shape index (κ2) is 9.18. The smallest absolute Gasteiger partial charge is 0.257 e. The summed E-state index contributed by atoms with van der Waals surface area (Å²) in [5, 5.41) is 2.94. The Bertz CT molecular complexity index is 1060. The number of carbonyl (C=O) groups excluding carboxylic acids is 1. The quantitative estimate of drug-likeness (QED) is 0.337. The lowest BCUT2D eigenvalue weighted by Crippen LogP contribution is -2.30. The first-order valence-corrected chi connectivity index (χ1v) is 9.85. The van der Waals surface area contributed by atoms with E-state index in [0.29, 0.717) is 17.1 Å². The summed E-state index contributed by atoms with van der Waals surface area (Å²) in [5.41, 5.74) is 9.15. The molecule has 3 N–H and O–H groups in total. The molecule has 152 valence electrons. The summed E-state index contributed by atoms with van der Waals surface area (Å²) in [4.78, 5) is 21.5. The largest absolute Gasteiger partial charge is 0.388 e. The molecule has 1 aromatic heterocycles. The van der Waals surface area contributed by atoms with Gasteiger partial charge in [0.15, 0.2) is 0 Å². The summed E-state index contributed by atoms with van der Waals surface area (Å²) in [6, 6.07) is 21.1. The summed E-state index contributed by atoms with van der Waals surface area (Å²) < 4.78 is 0. The third-order valence-electron chi connectivity index (χ3n) is 4.94. The highest BCUT2D eigenvalue weighted by molar-refractivity contribution is 6.04. The molecule has 0 saturated heterocycles. The number of nitrogens with zero attached hydrogens (tertiary/aromatic N) is 2. The first kappa shape index (κ1) is 21.0. The summed E-state index contributed by atoms with van der Waals surface area (Å²) in [6.45, 7) is 8.15. The minimum absolute atomic E-state index is 0.224. The summed E-state index contributed by atoms with van der Waals surface area (Å²) >= 11 is 0. The Morgan fingerprint density at radius 2 is 1.83 bits per heavy atom. The number of pyridine rings is 1. The number of benzene rings is 2. The fourth-order valence-electron chi connectivity index (χ4n) is 3.51. The van der Waals surface area contributed by atoms with Crippen molar-refractivity contribution < 1.29 is 4.79 Å². The first-order valence-electron chi connectivity index (χ1n) is 9.85. The number of amides is 1. The van der Waals surface area contributed by atoms with Crippen molar-refractivity contribution in [3.05, 3.63) is 108 Å². The lowest BCUT2D eigenvalue weighted by Gasteiger charge is -2.34. The summed E-state index contributed by atoms with van der Waals surface area (Å²) in [5.74, 6) is 0.233. The Balaban J connectivity index is 2.11. The standard InChI is InChI=1S/C25H26N4O/c1-4-18(2)25(29-19(3)26,21-11-6-5-7-12-21)22-13-8-14-23(16-22)28-24(30)20-10-9-15-27-17-20/h5-17H,2,4H2,1,3H3,(H2,26,29)(H,28,30). The summed E-state index contributed by atoms with van der Waals surface area (Å²) in [6.07, 6.45) is 3.89. The van der Waals surface area contributed by atoms with Crippen molar-refractivity contribution in [1.82, 2.24) is 4.98 Å². The molecule has 30 heavy (non-hydrogen) atoms. The van der Waals surface area contributed by atoms with Crippen molar-refractivity contribution in [3.8, 4) is 0 Å². The zero-order valence-corrected chi connectivity index (χ0v) is 17.3. The van der Waals surface area contributed by atoms with Crippen molar-refractivity contribution in [2.75, 3.05) is 5.32 Å². The molecule has 1 heterocycles. The number of nitrogens with one attached hydrogen (secondary N) is 1. The SMILES string of the molecule is C=C(CC)C(N=C(C)N)(c1ccccc1)c1cccc(NC(=O)c2cccnc2)c1. The number of hydrogen-bond donors (Lipinski definition) is 2. The van der Waals surface area contributed by atoms with Crippen LogP contribution in [0.1, 0.15) is 41.8 Å². The maximum absolute atomic E-state index is 12.6. The second-order valence-electron chi connectivity index (χ2n) is 7.06. The topological polar surface area (TPSA) is 80.4 Å². The van der Waals surface area contributed by atoms with Gasteiger partial charge in [-0.05, 0) is 54.3 Å². The third-order valence-corrected chi connectivity index (χ3v) is 4.94. The molecular weight excluding hydrogens is 372 g/mol. The van der Waals surface area contributed by atoms with Gasteiger partial charge in [0, 0.05) is 18.1 Å². The van der Waals surface area contributed by atoms with Crippen molar-refractivity contribution >= 4 is 17.4 Å². The maximum atomic E-state index is 12.6. The molecule has 5 nitrogen and oxygen atoms in total. The molecule has 0 aliphatic rings. The van der Waals surface area contributed by atoms with E-state index < -0.39 is 5.54 Å². The molecule has 0 saturated carbocycles. The predicted molar refractivity (Wildman–Crippen MR) is 123 cm³/mol. The molecule has 1 atom stereocenters. The molecule has 0 spiro atoms. The van der Waals surface area contributed by atoms with Gasteiger partial charge in [-0.2, -0.15) is 0 Å². The van der Waals surface area contributed by atoms with Crippen LogP contribution in [0.4, 0.5) is 5.69 Å². The van der Waals surface area contributed by atoms with Crippen LogP contribution in [0.25, 0.3) is 0 Å². The van der Waals surface area contributed by atoms with Crippen molar-refractivity contribution in [2.45, 2.75) is 25.8 Å². The molecular formula is C25H26N4O. The van der Waals surface area contributed by atoms with E-state index in [9.17, 15) is 4.79 Å². The minimum Gasteiger partial charge on any atom is -0.388 e. The Morgan fingerprint density at radius 3 is 2.47 bits per heavy atom. The second-order valence-corrected chi connectivity index (χ2v) is 7.06. The van der Waals surface area contributed by atoms with Gasteiger partial charge in [0.2, 0.25) is 0 Å². The molecule has 1 unspecified atom stereocenters. The van der Waals surface area contributed by atoms with Gasteiger partial charge in [-0.25, -0.2) is 0 Å². The van der Waals surface area contributed by atoms with E-state index in [-0.39, 0.29) is 5.91 Å². The Hall–Kier alpha value is -3.73. The van der Waals surface area contributed by atoms with Crippen LogP contribution < -0.4 is 11.1 Å². The van der Waals surface area contributed by atoms with Gasteiger partial charge in [0.25, 0.3) is 5.91 Å². The van der Waals surface area contributed by atoms with E-state index in [1.54, 1.807) is 25.3 Å². The van der Waals surface area contributed by atoms with Crippen LogP contribution in [0.5, 0.6) is 0 Å². The van der Waals surface area contributed by atoms with E-state index in [2.05, 4.69) is 23.8 Å². The highest BCUT2D eigenvalue weighted by Gasteiger charge is 2.36. The number of amidine groups is 1. The molecule has 3 rings (SSSR count). The number of aliphatic imine (C=N–C) groups is 1. The first-order chi connectivity index (χ1) is 14.5. The van der Waals surface area contributed by atoms with E-state index in [1.165, 1.54) is 6.20 Å². The molecule has 0 fully saturated rings. The van der Waals surface area contributed by atoms with Crippen LogP contribution >= 0.6 is 0 Å². The van der Waals surface area contributed by atoms with E-state index in [4.69, 9.17) is 10.7 Å². The van der Waals surface area contributed by atoms with E-state index >= 15 is 0 Å². The fraction of sp³-hybridized carbons (Fsp3) is 0.160. The molecule has 0 aliphatic carbocycles. The van der Waals surface area contributed by atoms with Crippen LogP contribution in [0.2, 0.25) is 0 Å². The maximum Gasteiger partial charge on any atom is 0.257 e. The molecule has 0 aliphatic heterocycles. The number of rotatable bonds is 7. The predicted octanol–water partition coefficient (Wildman–Crippen LogP) is 4.92. The minimum atomic E-state index is -0.843. The highest BCUT2D eigenvalue weighted by atomic mass is 16.1. The van der Waals surface area contributed by atoms with E-state index in [1.807, 2.05) is 54.6 Å². The Morgan fingerprint density at radius 1 is 1.10 bits per heavy atom. The zero-order valence-electron chi connectivity index (χ0n) is 17.3. The van der Waals surface area contributed by atoms with Crippen LogP contribution in [-0.2, 0) is 5.54 Å². The number of carbonyl (C=O) groups is 1. The van der Waals surface area contributed by atoms with Crippen LogP contribution in [0, 0.1) is 0 Å². The molecule has 1 amide bonds. The van der Waals surface area contributed by atoms with Gasteiger partial charge < -0.3 is 11.1 Å². The average Bonchev–Trinajstić information content (AvgIpc) is 2.78. The lowest BCUT2D eigenvalue weighted by molar-refractivity contribution is 0.102. The van der Waals surface area contributed by atoms with E-state index in [0.717, 1.165) is 23.1 Å². The fourth-order valence-corrected chi connectivity index (χ4v) is 3.51. The van der Waals surface area contributed by atoms with Crippen LogP contribution in [-0.4, -0.2) is 16.7 Å². The number of hydrogen-bond acceptors (Lipinski definition) is 3. The van der Waals surface area contributed by atoms with Gasteiger partial charge in [0.1, 0.15) is 5.54 Å². The van der Waals surface area contributed by atoms with Crippen molar-refractivity contribution in [2.24, 2.45) is 10.7 Å². The number of nitrogens with two attached hydrogens (primary N) is 1. The molecule has 2 aromatic carbocycles. The third kappa shape index (κ3) is 4.30. The van der Waals surface area contributed by atoms with Crippen LogP contribution in [0.15, 0.2) is 96.3 Å². The summed E-state index contributed by atoms with van der Waals surface area (Å²) in [7, 11) is 0. The Labute approximate surface area is 177 Å². The molecule has 5 heteroatoms. The normalized spacial score (nSPS) is 13.3. The number of aromatic nitrogens is 1. The van der Waals surface area contributed by atoms with Gasteiger partial charge >= 0.3 is 0 Å². The monoisotopic (exact) mass is 398 g/mol. The Kier molecular flexibility index (Phi) is 6.42. The van der Waals surface area contributed by atoms with Crippen LogP contribution in [0.3, 0.4) is 0 Å². The van der Waals surface area contributed by atoms with Gasteiger partial charge in [-0.3, -0.25) is 14.8 Å². The van der Waals surface area contributed by atoms with Gasteiger partial charge in [-0.15, -0.1) is 0 Å². The van der Waals surface area contributed by atoms with Gasteiger partial charge in [0.05, 0.1) is 11.4 Å². The zero-order chi connectivity index (χ0) is 21.6. The van der Waals surface area contributed by atoms with Gasteiger partial charge in [-0.1, -0.05) is 56.0 Å². The highest BCUT2D eigenvalue weighted by Crippen LogP contribution is 2.42. The van der Waals surface area contributed by atoms with Crippen molar-refractivity contribution in [1.29, 1.82) is 0 Å².